The summed E-state index contributed by atoms with van der Waals surface area (Å²) in [4.78, 5) is 21.2. The number of pyridine rings is 1. The second-order valence-corrected chi connectivity index (χ2v) is 10.8. The summed E-state index contributed by atoms with van der Waals surface area (Å²) in [6, 6.07) is 5.60. The third-order valence-corrected chi connectivity index (χ3v) is 8.60. The van der Waals surface area contributed by atoms with E-state index in [9.17, 15) is 18.7 Å². The molecule has 2 saturated carbocycles. The van der Waals surface area contributed by atoms with E-state index in [-0.39, 0.29) is 24.3 Å². The molecule has 4 aliphatic rings. The number of hydrogen-bond acceptors (Lipinski definition) is 6. The van der Waals surface area contributed by atoms with Crippen LogP contribution in [-0.4, -0.2) is 77.9 Å². The minimum absolute atomic E-state index is 0.191. The number of nitrogens with one attached hydrogen (secondary N) is 1. The van der Waals surface area contributed by atoms with E-state index in [1.807, 2.05) is 19.1 Å². The predicted octanol–water partition coefficient (Wildman–Crippen LogP) is 3.14. The molecule has 10 heteroatoms. The molecule has 4 atom stereocenters. The molecule has 7 nitrogen and oxygen atoms in total. The topological polar surface area (TPSA) is 77.9 Å². The van der Waals surface area contributed by atoms with Crippen LogP contribution in [0.25, 0.3) is 10.8 Å². The highest BCUT2D eigenvalue weighted by molar-refractivity contribution is 6.34. The van der Waals surface area contributed by atoms with Crippen LogP contribution in [-0.2, 0) is 9.53 Å². The van der Waals surface area contributed by atoms with Gasteiger partial charge in [0.2, 0.25) is 5.91 Å². The van der Waals surface area contributed by atoms with Crippen molar-refractivity contribution >= 4 is 39.8 Å². The van der Waals surface area contributed by atoms with Crippen molar-refractivity contribution in [2.75, 3.05) is 49.6 Å². The van der Waals surface area contributed by atoms with Gasteiger partial charge < -0.3 is 20.1 Å². The summed E-state index contributed by atoms with van der Waals surface area (Å²) in [6.45, 7) is 5.98. The fraction of sp³-hybridized carbons (Fsp3) is 0.583. The summed E-state index contributed by atoms with van der Waals surface area (Å²) in [5, 5.41) is 15.4. The molecule has 3 heterocycles. The quantitative estimate of drug-likeness (QED) is 0.683. The van der Waals surface area contributed by atoms with E-state index in [1.54, 1.807) is 12.3 Å². The number of aromatic nitrogens is 1. The normalized spacial score (nSPS) is 34.6. The molecule has 0 unspecified atom stereocenters. The molecule has 182 valence electrons. The number of piperazine rings is 1. The Morgan fingerprint density at radius 3 is 2.59 bits per heavy atom. The summed E-state index contributed by atoms with van der Waals surface area (Å²) < 4.78 is 32.5. The van der Waals surface area contributed by atoms with E-state index in [4.69, 9.17) is 16.3 Å². The van der Waals surface area contributed by atoms with E-state index in [2.05, 4.69) is 20.1 Å². The average molecular weight is 493 g/mol. The largest absolute Gasteiger partial charge is 0.389 e. The SMILES string of the molecule is C[C@@]1(N2CCN(c3cc4cc(NC(=O)[C@@H]5C[C@]56CC6(F)F)ncc4cc3Cl)CC2)COC[C@@H]1O. The minimum atomic E-state index is -2.71. The number of benzene rings is 1. The molecule has 0 bridgehead atoms. The molecule has 2 aliphatic heterocycles. The predicted molar refractivity (Wildman–Crippen MR) is 125 cm³/mol. The van der Waals surface area contributed by atoms with Crippen LogP contribution in [0.3, 0.4) is 0 Å². The van der Waals surface area contributed by atoms with Gasteiger partial charge in [-0.1, -0.05) is 11.6 Å². The van der Waals surface area contributed by atoms with Crippen LogP contribution < -0.4 is 10.2 Å². The first-order chi connectivity index (χ1) is 16.1. The first-order valence-corrected chi connectivity index (χ1v) is 12.0. The molecular weight excluding hydrogens is 466 g/mol. The van der Waals surface area contributed by atoms with Crippen LogP contribution in [0.15, 0.2) is 24.4 Å². The monoisotopic (exact) mass is 492 g/mol. The zero-order chi connectivity index (χ0) is 23.9. The molecule has 4 fully saturated rings. The Morgan fingerprint density at radius 2 is 1.97 bits per heavy atom. The van der Waals surface area contributed by atoms with Gasteiger partial charge in [-0.05, 0) is 36.9 Å². The Morgan fingerprint density at radius 1 is 1.24 bits per heavy atom. The first-order valence-electron chi connectivity index (χ1n) is 11.7. The number of carbonyl (C=O) groups excluding carboxylic acids is 1. The fourth-order valence-corrected chi connectivity index (χ4v) is 5.98. The third kappa shape index (κ3) is 3.39. The van der Waals surface area contributed by atoms with Gasteiger partial charge >= 0.3 is 0 Å². The summed E-state index contributed by atoms with van der Waals surface area (Å²) in [7, 11) is 0. The van der Waals surface area contributed by atoms with Crippen LogP contribution in [0.1, 0.15) is 19.8 Å². The van der Waals surface area contributed by atoms with Crippen LogP contribution in [0.2, 0.25) is 5.02 Å². The molecule has 2 N–H and O–H groups in total. The van der Waals surface area contributed by atoms with Crippen molar-refractivity contribution in [1.82, 2.24) is 9.88 Å². The maximum Gasteiger partial charge on any atom is 0.255 e. The van der Waals surface area contributed by atoms with Crippen molar-refractivity contribution in [3.63, 3.8) is 0 Å². The average Bonchev–Trinajstić information content (AvgIpc) is 3.62. The standard InChI is InChI=1S/C24H27ClF2N4O3/c1-22(13-34-11-19(22)32)31-4-2-30(3-5-31)18-7-14-8-20(28-10-15(14)6-17(18)25)29-21(33)16-9-23(16)12-24(23,26)27/h6-8,10,16,19,32H,2-5,9,11-13H2,1H3,(H,28,29,33)/t16-,19-,22+,23-/m0/s1. The maximum absolute atomic E-state index is 13.5. The lowest BCUT2D eigenvalue weighted by molar-refractivity contribution is -0.118. The number of carbonyl (C=O) groups is 1. The molecule has 1 amide bonds. The number of amides is 1. The van der Waals surface area contributed by atoms with Gasteiger partial charge in [0.05, 0.1) is 46.9 Å². The van der Waals surface area contributed by atoms with Crippen molar-refractivity contribution in [3.8, 4) is 0 Å². The smallest absolute Gasteiger partial charge is 0.255 e. The van der Waals surface area contributed by atoms with E-state index >= 15 is 0 Å². The number of hydrogen-bond donors (Lipinski definition) is 2. The van der Waals surface area contributed by atoms with Crippen LogP contribution in [0, 0.1) is 11.3 Å². The first kappa shape index (κ1) is 22.4. The van der Waals surface area contributed by atoms with Gasteiger partial charge in [0.25, 0.3) is 5.92 Å². The lowest BCUT2D eigenvalue weighted by Gasteiger charge is -2.45. The number of halogens is 3. The number of aliphatic hydroxyl groups excluding tert-OH is 1. The Balaban J connectivity index is 1.17. The van der Waals surface area contributed by atoms with Gasteiger partial charge in [-0.3, -0.25) is 9.69 Å². The highest BCUT2D eigenvalue weighted by Crippen LogP contribution is 2.79. The Hall–Kier alpha value is -2.07. The molecule has 6 rings (SSSR count). The van der Waals surface area contributed by atoms with E-state index < -0.39 is 23.4 Å². The summed E-state index contributed by atoms with van der Waals surface area (Å²) in [5.41, 5.74) is -0.582. The Bertz CT molecular complexity index is 1170. The zero-order valence-electron chi connectivity index (χ0n) is 18.9. The van der Waals surface area contributed by atoms with E-state index in [1.165, 1.54) is 0 Å². The van der Waals surface area contributed by atoms with Gasteiger partial charge in [0.1, 0.15) is 5.82 Å². The van der Waals surface area contributed by atoms with Crippen LogP contribution in [0.4, 0.5) is 20.3 Å². The van der Waals surface area contributed by atoms with Gasteiger partial charge in [-0.25, -0.2) is 13.8 Å². The number of aliphatic hydroxyl groups is 1. The van der Waals surface area contributed by atoms with Crippen molar-refractivity contribution in [1.29, 1.82) is 0 Å². The van der Waals surface area contributed by atoms with Crippen LogP contribution in [0.5, 0.6) is 0 Å². The van der Waals surface area contributed by atoms with E-state index in [0.29, 0.717) is 24.1 Å². The fourth-order valence-electron chi connectivity index (χ4n) is 5.69. The number of fused-ring (bicyclic) bond motifs is 1. The molecule has 2 aliphatic carbocycles. The number of anilines is 2. The highest BCUT2D eigenvalue weighted by atomic mass is 35.5. The highest BCUT2D eigenvalue weighted by Gasteiger charge is 2.85. The van der Waals surface area contributed by atoms with Crippen molar-refractivity contribution in [2.24, 2.45) is 11.3 Å². The van der Waals surface area contributed by atoms with Gasteiger partial charge in [-0.15, -0.1) is 0 Å². The van der Waals surface area contributed by atoms with Crippen molar-refractivity contribution < 1.29 is 23.4 Å². The van der Waals surface area contributed by atoms with Crippen LogP contribution >= 0.6 is 11.6 Å². The number of ether oxygens (including phenoxy) is 1. The van der Waals surface area contributed by atoms with Gasteiger partial charge in [-0.2, -0.15) is 0 Å². The molecular formula is C24H27ClF2N4O3. The molecule has 0 radical (unpaired) electrons. The second-order valence-electron chi connectivity index (χ2n) is 10.4. The summed E-state index contributed by atoms with van der Waals surface area (Å²) in [5.74, 6) is -3.38. The number of nitrogens with zero attached hydrogens (tertiary/aromatic N) is 3. The maximum atomic E-state index is 13.5. The molecule has 1 aromatic heterocycles. The van der Waals surface area contributed by atoms with Crippen molar-refractivity contribution in [3.05, 3.63) is 29.4 Å². The molecule has 2 saturated heterocycles. The Kier molecular flexibility index (Phi) is 4.92. The number of rotatable bonds is 4. The molecule has 34 heavy (non-hydrogen) atoms. The lowest BCUT2D eigenvalue weighted by atomic mass is 9.95. The molecule has 1 aromatic carbocycles. The van der Waals surface area contributed by atoms with E-state index in [0.717, 1.165) is 42.6 Å². The second kappa shape index (κ2) is 7.46. The minimum Gasteiger partial charge on any atom is -0.389 e. The zero-order valence-corrected chi connectivity index (χ0v) is 19.6. The van der Waals surface area contributed by atoms with Gasteiger partial charge in [0, 0.05) is 44.2 Å². The summed E-state index contributed by atoms with van der Waals surface area (Å²) in [6.07, 6.45) is 1.19. The summed E-state index contributed by atoms with van der Waals surface area (Å²) >= 11 is 6.61. The van der Waals surface area contributed by atoms with Crippen molar-refractivity contribution in [2.45, 2.75) is 37.3 Å². The molecule has 1 spiro atoms. The van der Waals surface area contributed by atoms with Gasteiger partial charge in [0.15, 0.2) is 0 Å². The lowest BCUT2D eigenvalue weighted by Crippen LogP contribution is -2.60. The Labute approximate surface area is 201 Å². The molecule has 2 aromatic rings. The third-order valence-electron chi connectivity index (χ3n) is 8.30. The number of alkyl halides is 2.